The lowest BCUT2D eigenvalue weighted by Gasteiger charge is -2.46. The van der Waals surface area contributed by atoms with E-state index in [2.05, 4.69) is 38.3 Å². The lowest BCUT2D eigenvalue weighted by Crippen LogP contribution is -2.61. The van der Waals surface area contributed by atoms with Gasteiger partial charge in [0.15, 0.2) is 11.6 Å². The maximum Gasteiger partial charge on any atom is 0.159 e. The average Bonchev–Trinajstić information content (AvgIpc) is 2.27. The fourth-order valence-electron chi connectivity index (χ4n) is 3.38. The van der Waals surface area contributed by atoms with Crippen LogP contribution in [0.25, 0.3) is 0 Å². The van der Waals surface area contributed by atoms with Gasteiger partial charge in [0, 0.05) is 23.7 Å². The smallest absolute Gasteiger partial charge is 0.159 e. The summed E-state index contributed by atoms with van der Waals surface area (Å²) in [6.07, 6.45) is 2.03. The predicted molar refractivity (Wildman–Crippen MR) is 84.8 cm³/mol. The molecular formula is C16H25ClF2N2. The molecule has 1 aromatic rings. The van der Waals surface area contributed by atoms with Crippen LogP contribution in [0.15, 0.2) is 18.2 Å². The first-order chi connectivity index (χ1) is 9.17. The van der Waals surface area contributed by atoms with Gasteiger partial charge >= 0.3 is 0 Å². The van der Waals surface area contributed by atoms with Gasteiger partial charge in [0.25, 0.3) is 0 Å². The Morgan fingerprint density at radius 1 is 1.10 bits per heavy atom. The molecule has 0 saturated carbocycles. The fourth-order valence-corrected chi connectivity index (χ4v) is 3.38. The SMILES string of the molecule is CC1(C)CC(NCc2ccc(F)c(F)c2)CC(C)(C)N1.Cl. The molecule has 1 heterocycles. The molecule has 0 bridgehead atoms. The summed E-state index contributed by atoms with van der Waals surface area (Å²) in [6.45, 7) is 9.34. The molecule has 2 nitrogen and oxygen atoms in total. The molecule has 5 heteroatoms. The van der Waals surface area contributed by atoms with E-state index < -0.39 is 11.6 Å². The van der Waals surface area contributed by atoms with Gasteiger partial charge in [-0.3, -0.25) is 0 Å². The van der Waals surface area contributed by atoms with Crippen molar-refractivity contribution in [1.29, 1.82) is 0 Å². The minimum absolute atomic E-state index is 0. The van der Waals surface area contributed by atoms with Gasteiger partial charge in [-0.15, -0.1) is 12.4 Å². The molecule has 0 spiro atoms. The lowest BCUT2D eigenvalue weighted by molar-refractivity contribution is 0.145. The van der Waals surface area contributed by atoms with Crippen molar-refractivity contribution in [1.82, 2.24) is 10.6 Å². The van der Waals surface area contributed by atoms with Crippen molar-refractivity contribution in [2.45, 2.75) is 64.2 Å². The summed E-state index contributed by atoms with van der Waals surface area (Å²) < 4.78 is 26.1. The molecule has 1 aliphatic heterocycles. The molecule has 1 aromatic carbocycles. The van der Waals surface area contributed by atoms with E-state index in [1.807, 2.05) is 0 Å². The van der Waals surface area contributed by atoms with Crippen LogP contribution in [0.5, 0.6) is 0 Å². The van der Waals surface area contributed by atoms with Gasteiger partial charge in [0.2, 0.25) is 0 Å². The van der Waals surface area contributed by atoms with Gasteiger partial charge < -0.3 is 10.6 Å². The fraction of sp³-hybridized carbons (Fsp3) is 0.625. The van der Waals surface area contributed by atoms with E-state index in [4.69, 9.17) is 0 Å². The van der Waals surface area contributed by atoms with Crippen LogP contribution in [0.2, 0.25) is 0 Å². The first-order valence-corrected chi connectivity index (χ1v) is 7.14. The first-order valence-electron chi connectivity index (χ1n) is 7.14. The Hall–Kier alpha value is -0.710. The Labute approximate surface area is 132 Å². The zero-order valence-corrected chi connectivity index (χ0v) is 13.9. The second kappa shape index (κ2) is 6.59. The summed E-state index contributed by atoms with van der Waals surface area (Å²) in [5.41, 5.74) is 0.930. The Balaban J connectivity index is 0.00000220. The molecule has 1 fully saturated rings. The number of nitrogens with one attached hydrogen (secondary N) is 2. The van der Waals surface area contributed by atoms with Crippen molar-refractivity contribution in [3.63, 3.8) is 0 Å². The van der Waals surface area contributed by atoms with Crippen molar-refractivity contribution in [2.24, 2.45) is 0 Å². The minimum atomic E-state index is -0.794. The van der Waals surface area contributed by atoms with Gasteiger partial charge in [-0.2, -0.15) is 0 Å². The van der Waals surface area contributed by atoms with Gasteiger partial charge in [-0.05, 0) is 58.2 Å². The third-order valence-corrected chi connectivity index (χ3v) is 3.77. The second-order valence-corrected chi connectivity index (χ2v) is 7.13. The lowest BCUT2D eigenvalue weighted by atomic mass is 9.79. The topological polar surface area (TPSA) is 24.1 Å². The van der Waals surface area contributed by atoms with Crippen molar-refractivity contribution < 1.29 is 8.78 Å². The number of piperidine rings is 1. The summed E-state index contributed by atoms with van der Waals surface area (Å²) in [7, 11) is 0. The van der Waals surface area contributed by atoms with Crippen LogP contribution < -0.4 is 10.6 Å². The third kappa shape index (κ3) is 5.20. The maximum atomic E-state index is 13.2. The molecule has 21 heavy (non-hydrogen) atoms. The van der Waals surface area contributed by atoms with Gasteiger partial charge in [-0.1, -0.05) is 6.07 Å². The molecule has 1 aliphatic rings. The molecule has 120 valence electrons. The van der Waals surface area contributed by atoms with Gasteiger partial charge in [0.05, 0.1) is 0 Å². The Bertz CT molecular complexity index is 473. The Morgan fingerprint density at radius 2 is 1.67 bits per heavy atom. The normalized spacial score (nSPS) is 20.9. The van der Waals surface area contributed by atoms with E-state index >= 15 is 0 Å². The highest BCUT2D eigenvalue weighted by molar-refractivity contribution is 5.85. The number of halogens is 3. The second-order valence-electron chi connectivity index (χ2n) is 7.13. The van der Waals surface area contributed by atoms with E-state index in [9.17, 15) is 8.78 Å². The van der Waals surface area contributed by atoms with Crippen LogP contribution in [-0.2, 0) is 6.54 Å². The quantitative estimate of drug-likeness (QED) is 0.886. The third-order valence-electron chi connectivity index (χ3n) is 3.77. The van der Waals surface area contributed by atoms with E-state index in [0.717, 1.165) is 18.4 Å². The molecule has 0 aromatic heterocycles. The largest absolute Gasteiger partial charge is 0.310 e. The first kappa shape index (κ1) is 18.3. The molecule has 2 rings (SSSR count). The van der Waals surface area contributed by atoms with Crippen LogP contribution in [-0.4, -0.2) is 17.1 Å². The van der Waals surface area contributed by atoms with E-state index in [-0.39, 0.29) is 23.5 Å². The summed E-state index contributed by atoms with van der Waals surface area (Å²) in [6, 6.07) is 4.44. The number of benzene rings is 1. The van der Waals surface area contributed by atoms with E-state index in [0.29, 0.717) is 12.6 Å². The Kier molecular flexibility index (Phi) is 5.76. The van der Waals surface area contributed by atoms with Crippen LogP contribution in [0.1, 0.15) is 46.1 Å². The van der Waals surface area contributed by atoms with E-state index in [1.165, 1.54) is 12.1 Å². The van der Waals surface area contributed by atoms with Crippen LogP contribution in [0.3, 0.4) is 0 Å². The predicted octanol–water partition coefficient (Wildman–Crippen LogP) is 3.79. The molecule has 0 aliphatic carbocycles. The van der Waals surface area contributed by atoms with Crippen LogP contribution in [0, 0.1) is 11.6 Å². The van der Waals surface area contributed by atoms with E-state index in [1.54, 1.807) is 6.07 Å². The number of hydrogen-bond acceptors (Lipinski definition) is 2. The molecule has 0 amide bonds. The minimum Gasteiger partial charge on any atom is -0.310 e. The van der Waals surface area contributed by atoms with Gasteiger partial charge in [-0.25, -0.2) is 8.78 Å². The summed E-state index contributed by atoms with van der Waals surface area (Å²) >= 11 is 0. The highest BCUT2D eigenvalue weighted by Gasteiger charge is 2.37. The molecule has 0 radical (unpaired) electrons. The maximum absolute atomic E-state index is 13.2. The average molecular weight is 319 g/mol. The molecule has 2 N–H and O–H groups in total. The monoisotopic (exact) mass is 318 g/mol. The highest BCUT2D eigenvalue weighted by Crippen LogP contribution is 2.28. The molecular weight excluding hydrogens is 294 g/mol. The van der Waals surface area contributed by atoms with Crippen LogP contribution in [0.4, 0.5) is 8.78 Å². The highest BCUT2D eigenvalue weighted by atomic mass is 35.5. The molecule has 0 unspecified atom stereocenters. The zero-order valence-electron chi connectivity index (χ0n) is 13.1. The summed E-state index contributed by atoms with van der Waals surface area (Å²) in [5.74, 6) is -1.58. The number of rotatable bonds is 3. The standard InChI is InChI=1S/C16H24F2N2.ClH/c1-15(2)8-12(9-16(3,4)20-15)19-10-11-5-6-13(17)14(18)7-11;/h5-7,12,19-20H,8-10H2,1-4H3;1H. The molecule has 1 saturated heterocycles. The number of hydrogen-bond donors (Lipinski definition) is 2. The van der Waals surface area contributed by atoms with Crippen molar-refractivity contribution >= 4 is 12.4 Å². The van der Waals surface area contributed by atoms with Crippen molar-refractivity contribution in [3.8, 4) is 0 Å². The summed E-state index contributed by atoms with van der Waals surface area (Å²) in [5, 5.41) is 7.09. The van der Waals surface area contributed by atoms with Crippen molar-refractivity contribution in [2.75, 3.05) is 0 Å². The zero-order chi connectivity index (χ0) is 15.0. The van der Waals surface area contributed by atoms with Crippen molar-refractivity contribution in [3.05, 3.63) is 35.4 Å². The van der Waals surface area contributed by atoms with Gasteiger partial charge in [0.1, 0.15) is 0 Å². The van der Waals surface area contributed by atoms with Crippen LogP contribution >= 0.6 is 12.4 Å². The molecule has 0 atom stereocenters. The summed E-state index contributed by atoms with van der Waals surface area (Å²) in [4.78, 5) is 0. The Morgan fingerprint density at radius 3 is 2.19 bits per heavy atom.